The summed E-state index contributed by atoms with van der Waals surface area (Å²) in [6.07, 6.45) is 5.93. The number of nitriles is 1. The largest absolute Gasteiger partial charge is 0.477 e. The molecule has 0 N–H and O–H groups in total. The summed E-state index contributed by atoms with van der Waals surface area (Å²) in [5.41, 5.74) is 2.20. The van der Waals surface area contributed by atoms with Gasteiger partial charge in [-0.15, -0.1) is 0 Å². The Morgan fingerprint density at radius 2 is 2.00 bits per heavy atom. The predicted molar refractivity (Wildman–Crippen MR) is 124 cm³/mol. The smallest absolute Gasteiger partial charge is 0.246 e. The predicted octanol–water partition coefficient (Wildman–Crippen LogP) is 3.65. The number of ether oxygens (including phenoxy) is 1. The number of benzene rings is 1. The van der Waals surface area contributed by atoms with Crippen molar-refractivity contribution in [3.8, 4) is 11.9 Å². The van der Waals surface area contributed by atoms with Crippen LogP contribution < -0.4 is 9.64 Å². The molecule has 0 spiro atoms. The van der Waals surface area contributed by atoms with E-state index >= 15 is 0 Å². The molecule has 2 aromatic heterocycles. The molecule has 162 valence electrons. The third-order valence-electron chi connectivity index (χ3n) is 5.36. The summed E-state index contributed by atoms with van der Waals surface area (Å²) in [4.78, 5) is 25.6. The van der Waals surface area contributed by atoms with Gasteiger partial charge in [0.25, 0.3) is 0 Å². The fourth-order valence-electron chi connectivity index (χ4n) is 3.69. The van der Waals surface area contributed by atoms with Gasteiger partial charge >= 0.3 is 0 Å². The number of carbonyl (C=O) groups is 1. The van der Waals surface area contributed by atoms with Crippen LogP contribution in [0.25, 0.3) is 17.0 Å². The molecule has 0 unspecified atom stereocenters. The summed E-state index contributed by atoms with van der Waals surface area (Å²) in [7, 11) is 0. The highest BCUT2D eigenvalue weighted by Crippen LogP contribution is 2.24. The molecule has 3 heterocycles. The van der Waals surface area contributed by atoms with E-state index in [0.29, 0.717) is 50.0 Å². The van der Waals surface area contributed by atoms with Crippen molar-refractivity contribution in [2.45, 2.75) is 13.3 Å². The van der Waals surface area contributed by atoms with E-state index in [2.05, 4.69) is 20.9 Å². The average molecular weight is 428 g/mol. The van der Waals surface area contributed by atoms with Crippen LogP contribution >= 0.6 is 0 Å². The van der Waals surface area contributed by atoms with Crippen molar-refractivity contribution >= 4 is 28.7 Å². The molecule has 1 amide bonds. The topological polar surface area (TPSA) is 82.3 Å². The third-order valence-corrected chi connectivity index (χ3v) is 5.36. The Kier molecular flexibility index (Phi) is 6.61. The zero-order chi connectivity index (χ0) is 22.3. The minimum absolute atomic E-state index is 0.0548. The van der Waals surface area contributed by atoms with Crippen LogP contribution in [0, 0.1) is 11.3 Å². The summed E-state index contributed by atoms with van der Waals surface area (Å²) in [5.74, 6) is 1.16. The summed E-state index contributed by atoms with van der Waals surface area (Å²) in [5, 5.41) is 10.3. The Bertz CT molecular complexity index is 1180. The molecular formula is C25H25N5O2. The summed E-state index contributed by atoms with van der Waals surface area (Å²) in [6.45, 7) is 5.02. The van der Waals surface area contributed by atoms with Crippen molar-refractivity contribution < 1.29 is 9.53 Å². The molecule has 0 saturated carbocycles. The van der Waals surface area contributed by atoms with Crippen molar-refractivity contribution in [1.82, 2.24) is 14.9 Å². The van der Waals surface area contributed by atoms with Crippen molar-refractivity contribution in [2.75, 3.05) is 37.7 Å². The molecule has 1 aliphatic rings. The first-order chi connectivity index (χ1) is 15.7. The molecule has 32 heavy (non-hydrogen) atoms. The minimum atomic E-state index is -0.0548. The molecule has 0 radical (unpaired) electrons. The molecule has 0 atom stereocenters. The van der Waals surface area contributed by atoms with Gasteiger partial charge in [0.05, 0.1) is 17.7 Å². The Hall–Kier alpha value is -3.92. The maximum atomic E-state index is 12.8. The van der Waals surface area contributed by atoms with E-state index in [4.69, 9.17) is 4.74 Å². The van der Waals surface area contributed by atoms with Crippen LogP contribution in [0.2, 0.25) is 0 Å². The maximum absolute atomic E-state index is 12.8. The van der Waals surface area contributed by atoms with Gasteiger partial charge in [0, 0.05) is 49.4 Å². The normalized spacial score (nSPS) is 14.0. The quantitative estimate of drug-likeness (QED) is 0.559. The van der Waals surface area contributed by atoms with Gasteiger partial charge in [-0.25, -0.2) is 9.97 Å². The highest BCUT2D eigenvalue weighted by molar-refractivity contribution is 5.93. The Morgan fingerprint density at radius 3 is 2.78 bits per heavy atom. The van der Waals surface area contributed by atoms with Gasteiger partial charge in [0.15, 0.2) is 0 Å². The number of amides is 1. The summed E-state index contributed by atoms with van der Waals surface area (Å²) >= 11 is 0. The van der Waals surface area contributed by atoms with Gasteiger partial charge in [-0.2, -0.15) is 5.26 Å². The van der Waals surface area contributed by atoms with Crippen LogP contribution in [-0.2, 0) is 4.79 Å². The highest BCUT2D eigenvalue weighted by Gasteiger charge is 2.22. The van der Waals surface area contributed by atoms with Crippen LogP contribution in [-0.4, -0.2) is 53.6 Å². The Labute approximate surface area is 187 Å². The molecular weight excluding hydrogens is 402 g/mol. The van der Waals surface area contributed by atoms with E-state index in [9.17, 15) is 10.1 Å². The van der Waals surface area contributed by atoms with Crippen LogP contribution in [0.5, 0.6) is 5.88 Å². The lowest BCUT2D eigenvalue weighted by molar-refractivity contribution is -0.126. The van der Waals surface area contributed by atoms with Crippen molar-refractivity contribution in [2.24, 2.45) is 0 Å². The van der Waals surface area contributed by atoms with E-state index in [-0.39, 0.29) is 5.91 Å². The molecule has 7 nitrogen and oxygen atoms in total. The van der Waals surface area contributed by atoms with E-state index in [0.717, 1.165) is 22.9 Å². The lowest BCUT2D eigenvalue weighted by Crippen LogP contribution is -2.48. The molecule has 7 heteroatoms. The van der Waals surface area contributed by atoms with E-state index in [1.165, 1.54) is 0 Å². The first-order valence-electron chi connectivity index (χ1n) is 10.8. The van der Waals surface area contributed by atoms with Crippen LogP contribution in [0.4, 0.5) is 5.82 Å². The molecule has 0 bridgehead atoms. The van der Waals surface area contributed by atoms with Gasteiger partial charge in [-0.3, -0.25) is 4.79 Å². The monoisotopic (exact) mass is 427 g/mol. The Balaban J connectivity index is 1.46. The number of hydrogen-bond acceptors (Lipinski definition) is 6. The second-order valence-corrected chi connectivity index (χ2v) is 7.56. The fourth-order valence-corrected chi connectivity index (χ4v) is 3.69. The van der Waals surface area contributed by atoms with Gasteiger partial charge in [0.1, 0.15) is 11.9 Å². The number of nitrogens with zero attached hydrogens (tertiary/aromatic N) is 5. The average Bonchev–Trinajstić information content (AvgIpc) is 2.85. The number of piperazine rings is 1. The first-order valence-corrected chi connectivity index (χ1v) is 10.8. The lowest BCUT2D eigenvalue weighted by Gasteiger charge is -2.35. The van der Waals surface area contributed by atoms with Gasteiger partial charge in [-0.05, 0) is 36.8 Å². The standard InChI is InChI=1S/C25H25N5O2/c1-2-16-32-25-20(17-19-6-3-4-8-22(19)28-25)9-10-23(31)29-12-14-30(15-13-29)24-21(18-26)7-5-11-27-24/h3-11,17H,2,12-16H2,1H3/b10-9+. The molecule has 4 rings (SSSR count). The number of anilines is 1. The van der Waals surface area contributed by atoms with Gasteiger partial charge in [-0.1, -0.05) is 25.1 Å². The van der Waals surface area contributed by atoms with Crippen molar-refractivity contribution in [3.05, 3.63) is 65.9 Å². The molecule has 1 saturated heterocycles. The van der Waals surface area contributed by atoms with E-state index < -0.39 is 0 Å². The lowest BCUT2D eigenvalue weighted by atomic mass is 10.1. The zero-order valence-corrected chi connectivity index (χ0v) is 18.1. The SMILES string of the molecule is CCCOc1nc2ccccc2cc1/C=C/C(=O)N1CCN(c2ncccc2C#N)CC1. The Morgan fingerprint density at radius 1 is 1.19 bits per heavy atom. The number of fused-ring (bicyclic) bond motifs is 1. The molecule has 0 aliphatic carbocycles. The molecule has 1 aliphatic heterocycles. The van der Waals surface area contributed by atoms with Crippen molar-refractivity contribution in [1.29, 1.82) is 5.26 Å². The number of pyridine rings is 2. The second-order valence-electron chi connectivity index (χ2n) is 7.56. The minimum Gasteiger partial charge on any atom is -0.477 e. The van der Waals surface area contributed by atoms with Crippen LogP contribution in [0.3, 0.4) is 0 Å². The summed E-state index contributed by atoms with van der Waals surface area (Å²) < 4.78 is 5.83. The van der Waals surface area contributed by atoms with Crippen LogP contribution in [0.1, 0.15) is 24.5 Å². The molecule has 1 aromatic carbocycles. The van der Waals surface area contributed by atoms with Crippen molar-refractivity contribution in [3.63, 3.8) is 0 Å². The second kappa shape index (κ2) is 9.92. The van der Waals surface area contributed by atoms with E-state index in [1.54, 1.807) is 30.5 Å². The third kappa shape index (κ3) is 4.70. The molecule has 1 fully saturated rings. The molecule has 3 aromatic rings. The van der Waals surface area contributed by atoms with Gasteiger partial charge in [0.2, 0.25) is 11.8 Å². The highest BCUT2D eigenvalue weighted by atomic mass is 16.5. The zero-order valence-electron chi connectivity index (χ0n) is 18.1. The number of hydrogen-bond donors (Lipinski definition) is 0. The summed E-state index contributed by atoms with van der Waals surface area (Å²) in [6, 6.07) is 15.6. The first kappa shape index (κ1) is 21.3. The maximum Gasteiger partial charge on any atom is 0.246 e. The number of para-hydroxylation sites is 1. The number of aromatic nitrogens is 2. The van der Waals surface area contributed by atoms with Gasteiger partial charge < -0.3 is 14.5 Å². The number of rotatable bonds is 6. The number of carbonyl (C=O) groups excluding carboxylic acids is 1. The van der Waals surface area contributed by atoms with Crippen LogP contribution in [0.15, 0.2) is 54.7 Å². The fraction of sp³-hybridized carbons (Fsp3) is 0.280. The van der Waals surface area contributed by atoms with E-state index in [1.807, 2.05) is 42.2 Å².